The quantitative estimate of drug-likeness (QED) is 0.0216. The highest BCUT2D eigenvalue weighted by Crippen LogP contribution is 2.64. The van der Waals surface area contributed by atoms with Crippen LogP contribution in [0.3, 0.4) is 0 Å². The van der Waals surface area contributed by atoms with Crippen LogP contribution in [0.5, 0.6) is 0 Å². The van der Waals surface area contributed by atoms with Crippen molar-refractivity contribution >= 4 is 8.60 Å². The topological polar surface area (TPSA) is 27.7 Å². The Morgan fingerprint density at radius 3 is 0.438 bits per heavy atom. The lowest BCUT2D eigenvalue weighted by Gasteiger charge is -2.46. The summed E-state index contributed by atoms with van der Waals surface area (Å²) in [6.45, 7) is 37.2. The van der Waals surface area contributed by atoms with Crippen molar-refractivity contribution < 1.29 is 13.6 Å². The Labute approximate surface area is 749 Å². The first-order valence-corrected chi connectivity index (χ1v) is 53.0. The van der Waals surface area contributed by atoms with Gasteiger partial charge in [-0.05, 0) is 199 Å². The van der Waals surface area contributed by atoms with Crippen molar-refractivity contribution in [3.63, 3.8) is 0 Å². The van der Waals surface area contributed by atoms with E-state index in [-0.39, 0.29) is 0 Å². The summed E-state index contributed by atoms with van der Waals surface area (Å²) in [4.78, 5) is 0. The van der Waals surface area contributed by atoms with Crippen molar-refractivity contribution in [2.75, 3.05) is 0 Å². The van der Waals surface area contributed by atoms with Crippen LogP contribution < -0.4 is 0 Å². The zero-order chi connectivity index (χ0) is 86.4. The Bertz CT molecular complexity index is 2990. The molecular formula is C117H183O3P. The largest absolute Gasteiger partial charge is 0.337 e. The fourth-order valence-electron chi connectivity index (χ4n) is 18.5. The molecule has 4 heteroatoms. The van der Waals surface area contributed by atoms with Gasteiger partial charge >= 0.3 is 8.60 Å². The lowest BCUT2D eigenvalue weighted by atomic mass is 9.78. The first-order chi connectivity index (χ1) is 59.5. The third-order valence-corrected chi connectivity index (χ3v) is 28.0. The van der Waals surface area contributed by atoms with Crippen molar-refractivity contribution in [2.45, 2.75) is 484 Å². The molecule has 0 heterocycles. The van der Waals surface area contributed by atoms with Gasteiger partial charge in [0.1, 0.15) is 16.8 Å². The van der Waals surface area contributed by atoms with Crippen LogP contribution in [-0.2, 0) is 68.9 Å². The normalized spacial score (nSPS) is 12.0. The maximum Gasteiger partial charge on any atom is 0.337 e. The highest BCUT2D eigenvalue weighted by atomic mass is 31.2. The number of aryl methyl sites for hydroxylation is 6. The molecule has 0 saturated heterocycles. The summed E-state index contributed by atoms with van der Waals surface area (Å²) in [5, 5.41) is 0. The molecule has 0 aromatic heterocycles. The Morgan fingerprint density at radius 1 is 0.182 bits per heavy atom. The van der Waals surface area contributed by atoms with E-state index in [1.165, 1.54) is 265 Å². The average molecular weight is 1670 g/mol. The van der Waals surface area contributed by atoms with Gasteiger partial charge in [0, 0.05) is 0 Å². The first kappa shape index (κ1) is 105. The summed E-state index contributed by atoms with van der Waals surface area (Å²) in [7, 11) is -2.56. The van der Waals surface area contributed by atoms with Crippen LogP contribution in [0.2, 0.25) is 0 Å². The van der Waals surface area contributed by atoms with Gasteiger partial charge in [0.25, 0.3) is 0 Å². The second-order valence-electron chi connectivity index (χ2n) is 37.2. The molecule has 674 valence electrons. The van der Waals surface area contributed by atoms with Gasteiger partial charge in [0.05, 0.1) is 0 Å². The lowest BCUT2D eigenvalue weighted by Crippen LogP contribution is -2.39. The van der Waals surface area contributed by atoms with Gasteiger partial charge in [-0.1, -0.05) is 517 Å². The highest BCUT2D eigenvalue weighted by Gasteiger charge is 2.52. The van der Waals surface area contributed by atoms with Gasteiger partial charge < -0.3 is 0 Å². The van der Waals surface area contributed by atoms with E-state index < -0.39 is 25.4 Å². The summed E-state index contributed by atoms with van der Waals surface area (Å²) < 4.78 is 26.9. The fraction of sp³-hybridized carbons (Fsp3) is 0.641. The van der Waals surface area contributed by atoms with Gasteiger partial charge in [-0.15, -0.1) is 0 Å². The molecule has 0 spiro atoms. The molecule has 0 N–H and O–H groups in total. The van der Waals surface area contributed by atoms with E-state index in [4.69, 9.17) is 33.3 Å². The van der Waals surface area contributed by atoms with E-state index in [1.807, 2.05) is 0 Å². The lowest BCUT2D eigenvalue weighted by molar-refractivity contribution is 0.0126. The van der Waals surface area contributed by atoms with Crippen molar-refractivity contribution in [3.8, 4) is 0 Å². The zero-order valence-electron chi connectivity index (χ0n) is 80.2. The number of rotatable bonds is 78. The Morgan fingerprint density at radius 2 is 0.306 bits per heavy atom. The van der Waals surface area contributed by atoms with E-state index in [2.05, 4.69) is 208 Å². The van der Waals surface area contributed by atoms with E-state index in [0.29, 0.717) is 0 Å². The highest BCUT2D eigenvalue weighted by molar-refractivity contribution is 7.41. The summed E-state index contributed by atoms with van der Waals surface area (Å²) in [5.41, 5.74) is 13.8. The van der Waals surface area contributed by atoms with Crippen LogP contribution in [0.1, 0.15) is 495 Å². The maximum absolute atomic E-state index is 8.98. The smallest absolute Gasteiger partial charge is 0.291 e. The molecule has 0 bridgehead atoms. The van der Waals surface area contributed by atoms with Crippen molar-refractivity contribution in [1.82, 2.24) is 0 Å². The summed E-state index contributed by atoms with van der Waals surface area (Å²) in [5.74, 6) is 0. The molecule has 6 aromatic rings. The number of unbranched alkanes of at least 4 members (excludes halogenated alkanes) is 45. The second kappa shape index (κ2) is 65.4. The van der Waals surface area contributed by atoms with Gasteiger partial charge in [-0.2, -0.15) is 0 Å². The van der Waals surface area contributed by atoms with E-state index in [9.17, 15) is 0 Å². The predicted molar refractivity (Wildman–Crippen MR) is 535 cm³/mol. The standard InChI is InChI=1S/C117H183O3P/c1-13-22-31-34-37-40-43-46-49-52-55-58-61-64-67-100(10)115(109-88-76-103(77-89-109)70-25-16-4,110-90-78-104(79-91-110)71-26-17-5)118-121(119-116(111-92-80-105(81-93-111)72-27-18-6,112-94-82-106(83-95-112)73-28-19-7)101(11)68-65-62-59-56-53-50-47-44-41-38-35-32-23-14-2)120-117(113-96-84-107(85-97-113)74-29-20-8,114-98-86-108(87-99-114)75-30-21-9)102(12)69-66-63-60-57-54-51-48-45-42-39-36-33-24-15-3/h76-99H,10-75H2,1-9H3. The number of hydrogen-bond donors (Lipinski definition) is 0. The number of benzene rings is 6. The second-order valence-corrected chi connectivity index (χ2v) is 38.2. The Kier molecular flexibility index (Phi) is 56.6. The monoisotopic (exact) mass is 1670 g/mol. The third-order valence-electron chi connectivity index (χ3n) is 26.7. The van der Waals surface area contributed by atoms with Crippen LogP contribution >= 0.6 is 8.60 Å². The molecule has 0 saturated carbocycles. The molecule has 6 rings (SSSR count). The molecule has 0 aliphatic carbocycles. The van der Waals surface area contributed by atoms with Crippen LogP contribution in [0.25, 0.3) is 0 Å². The molecular weight excluding hydrogens is 1480 g/mol. The van der Waals surface area contributed by atoms with E-state index >= 15 is 0 Å². The number of hydrogen-bond acceptors (Lipinski definition) is 3. The third kappa shape index (κ3) is 38.1. The van der Waals surface area contributed by atoms with E-state index in [1.54, 1.807) is 0 Å². The zero-order valence-corrected chi connectivity index (χ0v) is 81.1. The summed E-state index contributed by atoms with van der Waals surface area (Å²) >= 11 is 0. The fourth-order valence-corrected chi connectivity index (χ4v) is 20.3. The summed E-state index contributed by atoms with van der Waals surface area (Å²) in [6, 6.07) is 57.6. The van der Waals surface area contributed by atoms with Crippen LogP contribution in [0.4, 0.5) is 0 Å². The van der Waals surface area contributed by atoms with Crippen molar-refractivity contribution in [2.24, 2.45) is 0 Å². The van der Waals surface area contributed by atoms with E-state index in [0.717, 1.165) is 223 Å². The minimum atomic E-state index is -2.56. The minimum absolute atomic E-state index is 0.779. The molecule has 0 aliphatic rings. The molecule has 121 heavy (non-hydrogen) atoms. The van der Waals surface area contributed by atoms with Crippen molar-refractivity contribution in [3.05, 3.63) is 249 Å². The first-order valence-electron chi connectivity index (χ1n) is 51.9. The maximum atomic E-state index is 8.98. The average Bonchev–Trinajstić information content (AvgIpc) is 0.730. The molecule has 0 amide bonds. The molecule has 0 aliphatic heterocycles. The molecule has 0 atom stereocenters. The van der Waals surface area contributed by atoms with Gasteiger partial charge in [-0.25, -0.2) is 0 Å². The van der Waals surface area contributed by atoms with Crippen LogP contribution in [-0.4, -0.2) is 0 Å². The van der Waals surface area contributed by atoms with Gasteiger partial charge in [0.15, 0.2) is 0 Å². The summed E-state index contributed by atoms with van der Waals surface area (Å²) in [6.07, 6.45) is 76.9. The molecule has 6 aromatic carbocycles. The molecule has 0 radical (unpaired) electrons. The Balaban J connectivity index is 1.64. The SMILES string of the molecule is C=C(CCCCCCCCCCCCCCCC)C(OP(OC(C(=C)CCCCCCCCCCCCCCCC)(c1ccc(CCCC)cc1)c1ccc(CCCC)cc1)OC(C(=C)CCCCCCCCCCCCCCCC)(c1ccc(CCCC)cc1)c1ccc(CCCC)cc1)(c1ccc(CCCC)cc1)c1ccc(CCCC)cc1. The Hall–Kier alpha value is -5.15. The molecule has 0 unspecified atom stereocenters. The minimum Gasteiger partial charge on any atom is -0.291 e. The van der Waals surface area contributed by atoms with Gasteiger partial charge in [-0.3, -0.25) is 13.6 Å². The van der Waals surface area contributed by atoms with Crippen LogP contribution in [0, 0.1) is 0 Å². The van der Waals surface area contributed by atoms with Crippen molar-refractivity contribution in [1.29, 1.82) is 0 Å². The van der Waals surface area contributed by atoms with Crippen LogP contribution in [0.15, 0.2) is 182 Å². The molecule has 0 fully saturated rings. The predicted octanol–water partition coefficient (Wildman–Crippen LogP) is 38.4. The van der Waals surface area contributed by atoms with Gasteiger partial charge in [0.2, 0.25) is 0 Å². The molecule has 3 nitrogen and oxygen atoms in total.